The lowest BCUT2D eigenvalue weighted by Crippen LogP contribution is -2.22. The number of rotatable bonds is 4. The Labute approximate surface area is 140 Å². The summed E-state index contributed by atoms with van der Waals surface area (Å²) in [6.45, 7) is 1.26. The topological polar surface area (TPSA) is 102 Å². The van der Waals surface area contributed by atoms with Crippen molar-refractivity contribution in [1.82, 2.24) is 25.5 Å². The molecule has 0 radical (unpaired) electrons. The molecule has 3 aromatic heterocycles. The minimum absolute atomic E-state index is 0.205. The van der Waals surface area contributed by atoms with Crippen molar-refractivity contribution in [3.8, 4) is 22.2 Å². The third-order valence-corrected chi connectivity index (χ3v) is 4.38. The molecule has 9 heteroatoms. The molecule has 0 aromatic carbocycles. The SMILES string of the molecule is O=C(NCc1nc(-c2ccncc2)n[nH]1)c1cc2c(s1)OCCO2. The quantitative estimate of drug-likeness (QED) is 0.746. The highest BCUT2D eigenvalue weighted by Gasteiger charge is 2.20. The predicted octanol–water partition coefficient (Wildman–Crippen LogP) is 1.63. The van der Waals surface area contributed by atoms with Crippen molar-refractivity contribution in [2.45, 2.75) is 6.54 Å². The molecule has 1 aliphatic rings. The van der Waals surface area contributed by atoms with Crippen molar-refractivity contribution in [1.29, 1.82) is 0 Å². The highest BCUT2D eigenvalue weighted by molar-refractivity contribution is 7.16. The van der Waals surface area contributed by atoms with E-state index in [2.05, 4.69) is 25.5 Å². The first-order valence-electron chi connectivity index (χ1n) is 7.29. The first-order chi connectivity index (χ1) is 11.8. The Kier molecular flexibility index (Phi) is 3.83. The van der Waals surface area contributed by atoms with Crippen LogP contribution in [0.2, 0.25) is 0 Å². The van der Waals surface area contributed by atoms with Crippen LogP contribution in [-0.4, -0.2) is 39.3 Å². The van der Waals surface area contributed by atoms with Crippen LogP contribution in [0.5, 0.6) is 10.8 Å². The summed E-state index contributed by atoms with van der Waals surface area (Å²) in [5, 5.41) is 10.4. The number of aromatic nitrogens is 4. The van der Waals surface area contributed by atoms with E-state index in [0.29, 0.717) is 40.6 Å². The van der Waals surface area contributed by atoms with Crippen LogP contribution in [0.25, 0.3) is 11.4 Å². The number of ether oxygens (including phenoxy) is 2. The summed E-state index contributed by atoms with van der Waals surface area (Å²) >= 11 is 1.27. The normalized spacial score (nSPS) is 12.8. The molecule has 1 amide bonds. The van der Waals surface area contributed by atoms with E-state index in [9.17, 15) is 4.79 Å². The average molecular weight is 343 g/mol. The smallest absolute Gasteiger partial charge is 0.262 e. The van der Waals surface area contributed by atoms with E-state index in [4.69, 9.17) is 9.47 Å². The van der Waals surface area contributed by atoms with Crippen molar-refractivity contribution in [3.63, 3.8) is 0 Å². The first-order valence-corrected chi connectivity index (χ1v) is 8.10. The zero-order valence-corrected chi connectivity index (χ0v) is 13.3. The van der Waals surface area contributed by atoms with E-state index in [1.54, 1.807) is 18.5 Å². The fraction of sp³-hybridized carbons (Fsp3) is 0.200. The average Bonchev–Trinajstić information content (AvgIpc) is 3.27. The zero-order valence-electron chi connectivity index (χ0n) is 12.5. The van der Waals surface area contributed by atoms with Gasteiger partial charge in [0, 0.05) is 24.0 Å². The molecule has 0 spiro atoms. The van der Waals surface area contributed by atoms with Gasteiger partial charge in [-0.2, -0.15) is 5.10 Å². The first kappa shape index (κ1) is 14.6. The monoisotopic (exact) mass is 343 g/mol. The second kappa shape index (κ2) is 6.28. The molecular weight excluding hydrogens is 330 g/mol. The van der Waals surface area contributed by atoms with Crippen LogP contribution in [0.15, 0.2) is 30.6 Å². The van der Waals surface area contributed by atoms with E-state index in [1.807, 2.05) is 12.1 Å². The molecule has 4 rings (SSSR count). The van der Waals surface area contributed by atoms with Crippen molar-refractivity contribution in [3.05, 3.63) is 41.3 Å². The highest BCUT2D eigenvalue weighted by atomic mass is 32.1. The maximum Gasteiger partial charge on any atom is 0.262 e. The van der Waals surface area contributed by atoms with Crippen LogP contribution in [0.4, 0.5) is 0 Å². The van der Waals surface area contributed by atoms with Gasteiger partial charge in [0.25, 0.3) is 5.91 Å². The molecule has 0 saturated heterocycles. The van der Waals surface area contributed by atoms with Crippen molar-refractivity contribution in [2.24, 2.45) is 0 Å². The Morgan fingerprint density at radius 3 is 2.96 bits per heavy atom. The van der Waals surface area contributed by atoms with Crippen molar-refractivity contribution >= 4 is 17.2 Å². The summed E-state index contributed by atoms with van der Waals surface area (Å²) in [7, 11) is 0. The Morgan fingerprint density at radius 2 is 2.12 bits per heavy atom. The van der Waals surface area contributed by atoms with Gasteiger partial charge in [0.1, 0.15) is 19.0 Å². The molecular formula is C15H13N5O3S. The minimum atomic E-state index is -0.205. The number of H-pyrrole nitrogens is 1. The van der Waals surface area contributed by atoms with Gasteiger partial charge in [-0.15, -0.1) is 0 Å². The molecule has 24 heavy (non-hydrogen) atoms. The molecule has 0 unspecified atom stereocenters. The Morgan fingerprint density at radius 1 is 1.29 bits per heavy atom. The van der Waals surface area contributed by atoms with E-state index in [1.165, 1.54) is 11.3 Å². The minimum Gasteiger partial charge on any atom is -0.485 e. The van der Waals surface area contributed by atoms with Gasteiger partial charge in [-0.25, -0.2) is 4.98 Å². The number of amides is 1. The number of aromatic amines is 1. The number of thiophene rings is 1. The van der Waals surface area contributed by atoms with Crippen LogP contribution < -0.4 is 14.8 Å². The number of fused-ring (bicyclic) bond motifs is 1. The molecule has 8 nitrogen and oxygen atoms in total. The number of nitrogens with zero attached hydrogens (tertiary/aromatic N) is 3. The maximum atomic E-state index is 12.2. The Bertz CT molecular complexity index is 838. The van der Waals surface area contributed by atoms with E-state index in [0.717, 1.165) is 5.56 Å². The summed E-state index contributed by atoms with van der Waals surface area (Å²) < 4.78 is 10.9. The number of carbonyl (C=O) groups is 1. The molecule has 2 N–H and O–H groups in total. The van der Waals surface area contributed by atoms with Gasteiger partial charge in [-0.05, 0) is 12.1 Å². The third-order valence-electron chi connectivity index (χ3n) is 3.35. The molecule has 0 bridgehead atoms. The summed E-state index contributed by atoms with van der Waals surface area (Å²) in [5.74, 6) is 1.55. The highest BCUT2D eigenvalue weighted by Crippen LogP contribution is 2.39. The Balaban J connectivity index is 1.41. The van der Waals surface area contributed by atoms with Gasteiger partial charge in [0.2, 0.25) is 5.06 Å². The lowest BCUT2D eigenvalue weighted by Gasteiger charge is -2.12. The van der Waals surface area contributed by atoms with Crippen LogP contribution in [-0.2, 0) is 6.54 Å². The molecule has 0 atom stereocenters. The summed E-state index contributed by atoms with van der Waals surface area (Å²) in [6.07, 6.45) is 3.35. The zero-order chi connectivity index (χ0) is 16.4. The maximum absolute atomic E-state index is 12.2. The fourth-order valence-corrected chi connectivity index (χ4v) is 3.10. The summed E-state index contributed by atoms with van der Waals surface area (Å²) in [4.78, 5) is 21.1. The molecule has 0 saturated carbocycles. The third kappa shape index (κ3) is 2.93. The number of hydrogen-bond acceptors (Lipinski definition) is 7. The summed E-state index contributed by atoms with van der Waals surface area (Å²) in [6, 6.07) is 5.33. The molecule has 0 aliphatic carbocycles. The predicted molar refractivity (Wildman–Crippen MR) is 86.1 cm³/mol. The Hall–Kier alpha value is -2.94. The molecule has 0 fully saturated rings. The van der Waals surface area contributed by atoms with E-state index < -0.39 is 0 Å². The van der Waals surface area contributed by atoms with Crippen LogP contribution in [0, 0.1) is 0 Å². The van der Waals surface area contributed by atoms with Gasteiger partial charge in [0.15, 0.2) is 11.6 Å². The lowest BCUT2D eigenvalue weighted by molar-refractivity contribution is 0.0953. The number of hydrogen-bond donors (Lipinski definition) is 2. The summed E-state index contributed by atoms with van der Waals surface area (Å²) in [5.41, 5.74) is 0.860. The molecule has 3 aromatic rings. The molecule has 122 valence electrons. The number of carbonyl (C=O) groups excluding carboxylic acids is 1. The second-order valence-electron chi connectivity index (χ2n) is 4.98. The second-order valence-corrected chi connectivity index (χ2v) is 6.00. The fourth-order valence-electron chi connectivity index (χ4n) is 2.21. The molecule has 1 aliphatic heterocycles. The van der Waals surface area contributed by atoms with E-state index >= 15 is 0 Å². The van der Waals surface area contributed by atoms with Crippen LogP contribution in [0.3, 0.4) is 0 Å². The van der Waals surface area contributed by atoms with Gasteiger partial charge in [-0.3, -0.25) is 14.9 Å². The number of nitrogens with one attached hydrogen (secondary N) is 2. The van der Waals surface area contributed by atoms with Gasteiger partial charge >= 0.3 is 0 Å². The van der Waals surface area contributed by atoms with Gasteiger partial charge in [0.05, 0.1) is 11.4 Å². The van der Waals surface area contributed by atoms with E-state index in [-0.39, 0.29) is 12.5 Å². The van der Waals surface area contributed by atoms with Crippen LogP contribution in [0.1, 0.15) is 15.5 Å². The largest absolute Gasteiger partial charge is 0.485 e. The van der Waals surface area contributed by atoms with Gasteiger partial charge < -0.3 is 14.8 Å². The standard InChI is InChI=1S/C15H13N5O3S/c21-14(11-7-10-15(24-11)23-6-5-22-10)17-8-12-18-13(20-19-12)9-1-3-16-4-2-9/h1-4,7H,5-6,8H2,(H,17,21)(H,18,19,20). The number of pyridine rings is 1. The van der Waals surface area contributed by atoms with Gasteiger partial charge in [-0.1, -0.05) is 11.3 Å². The lowest BCUT2D eigenvalue weighted by atomic mass is 10.2. The van der Waals surface area contributed by atoms with Crippen molar-refractivity contribution in [2.75, 3.05) is 13.2 Å². The molecule has 4 heterocycles. The van der Waals surface area contributed by atoms with Crippen LogP contribution >= 0.6 is 11.3 Å². The van der Waals surface area contributed by atoms with Crippen molar-refractivity contribution < 1.29 is 14.3 Å².